The number of hydrogen-bond donors (Lipinski definition) is 2. The number of carbonyl (C=O) groups excluding carboxylic acids is 1. The van der Waals surface area contributed by atoms with E-state index in [9.17, 15) is 13.2 Å². The zero-order valence-corrected chi connectivity index (χ0v) is 17.7. The lowest BCUT2D eigenvalue weighted by Gasteiger charge is -2.29. The van der Waals surface area contributed by atoms with Crippen LogP contribution >= 0.6 is 0 Å². The molecule has 0 saturated carbocycles. The van der Waals surface area contributed by atoms with Crippen molar-refractivity contribution in [2.24, 2.45) is 0 Å². The summed E-state index contributed by atoms with van der Waals surface area (Å²) in [4.78, 5) is 14.1. The Hall–Kier alpha value is -2.62. The summed E-state index contributed by atoms with van der Waals surface area (Å²) in [5.41, 5.74) is 0.299. The van der Waals surface area contributed by atoms with Gasteiger partial charge in [-0.15, -0.1) is 0 Å². The van der Waals surface area contributed by atoms with Gasteiger partial charge in [0.2, 0.25) is 10.0 Å². The molecule has 9 heteroatoms. The number of carbonyl (C=O) groups is 1. The first-order chi connectivity index (χ1) is 14.4. The first kappa shape index (κ1) is 20.6. The number of nitrogens with one attached hydrogen (secondary N) is 2. The number of rotatable bonds is 5. The minimum atomic E-state index is -3.62. The first-order valence-electron chi connectivity index (χ1n) is 10.0. The molecule has 0 aromatic heterocycles. The predicted molar refractivity (Wildman–Crippen MR) is 111 cm³/mol. The van der Waals surface area contributed by atoms with Crippen molar-refractivity contribution in [2.45, 2.75) is 11.0 Å². The molecule has 2 aliphatic rings. The van der Waals surface area contributed by atoms with Crippen LogP contribution in [0.25, 0.3) is 0 Å². The first-order valence-corrected chi connectivity index (χ1v) is 11.5. The molecular weight excluding hydrogens is 406 g/mol. The fourth-order valence-corrected chi connectivity index (χ4v) is 5.02. The van der Waals surface area contributed by atoms with E-state index in [4.69, 9.17) is 9.47 Å². The molecule has 2 aliphatic heterocycles. The summed E-state index contributed by atoms with van der Waals surface area (Å²) in [6.07, 6.45) is -0.316. The molecule has 0 aliphatic carbocycles. The smallest absolute Gasteiger partial charge is 0.251 e. The predicted octanol–water partition coefficient (Wildman–Crippen LogP) is -0.225. The van der Waals surface area contributed by atoms with Crippen molar-refractivity contribution in [3.8, 4) is 11.5 Å². The van der Waals surface area contributed by atoms with Crippen molar-refractivity contribution in [1.29, 1.82) is 0 Å². The van der Waals surface area contributed by atoms with E-state index in [0.717, 1.165) is 13.1 Å². The summed E-state index contributed by atoms with van der Waals surface area (Å²) in [6.45, 7) is 3.08. The van der Waals surface area contributed by atoms with Crippen molar-refractivity contribution in [1.82, 2.24) is 9.62 Å². The summed E-state index contributed by atoms with van der Waals surface area (Å²) in [6, 6.07) is 13.5. The average molecular weight is 433 g/mol. The summed E-state index contributed by atoms with van der Waals surface area (Å²) in [7, 11) is -1.56. The standard InChI is InChI=1S/C21H25N3O5S/c1-23-9-11-24(12-10-23)30(26,27)18-6-4-5-16(13-18)21(25)22-14-17-15-28-19-7-2-3-8-20(19)29-17/h2-8,13,17H,9-12,14-15H2,1H3,(H,22,25)/p+1/t17-/m1/s1. The number of ether oxygens (including phenoxy) is 2. The maximum absolute atomic E-state index is 12.9. The number of piperazine rings is 1. The Balaban J connectivity index is 1.39. The van der Waals surface area contributed by atoms with Crippen LogP contribution < -0.4 is 19.7 Å². The monoisotopic (exact) mass is 432 g/mol. The van der Waals surface area contributed by atoms with Crippen molar-refractivity contribution >= 4 is 15.9 Å². The molecule has 1 atom stereocenters. The molecule has 0 bridgehead atoms. The SMILES string of the molecule is C[NH+]1CCN(S(=O)(=O)c2cccc(C(=O)NC[C@@H]3COc4ccccc4O3)c2)CC1. The van der Waals surface area contributed by atoms with Gasteiger partial charge in [-0.05, 0) is 30.3 Å². The maximum atomic E-state index is 12.9. The van der Waals surface area contributed by atoms with Crippen LogP contribution in [0.5, 0.6) is 11.5 Å². The number of quaternary nitrogens is 1. The fraction of sp³-hybridized carbons (Fsp3) is 0.381. The van der Waals surface area contributed by atoms with E-state index < -0.39 is 10.0 Å². The summed E-state index contributed by atoms with van der Waals surface area (Å²) < 4.78 is 38.9. The van der Waals surface area contributed by atoms with Crippen LogP contribution in [0.3, 0.4) is 0 Å². The molecule has 0 spiro atoms. The highest BCUT2D eigenvalue weighted by atomic mass is 32.2. The highest BCUT2D eigenvalue weighted by Crippen LogP contribution is 2.30. The van der Waals surface area contributed by atoms with E-state index in [1.165, 1.54) is 21.3 Å². The van der Waals surface area contributed by atoms with Gasteiger partial charge in [0.25, 0.3) is 5.91 Å². The molecule has 2 aromatic rings. The topological polar surface area (TPSA) is 89.4 Å². The molecule has 160 valence electrons. The average Bonchev–Trinajstić information content (AvgIpc) is 2.77. The zero-order chi connectivity index (χ0) is 21.1. The van der Waals surface area contributed by atoms with Crippen LogP contribution in [0.4, 0.5) is 0 Å². The molecule has 1 saturated heterocycles. The normalized spacial score (nSPS) is 20.0. The number of fused-ring (bicyclic) bond motifs is 1. The Morgan fingerprint density at radius 1 is 1.13 bits per heavy atom. The summed E-state index contributed by atoms with van der Waals surface area (Å²) in [5, 5.41) is 2.81. The van der Waals surface area contributed by atoms with E-state index in [0.29, 0.717) is 36.8 Å². The maximum Gasteiger partial charge on any atom is 0.251 e. The lowest BCUT2D eigenvalue weighted by molar-refractivity contribution is -0.883. The highest BCUT2D eigenvalue weighted by Gasteiger charge is 2.29. The zero-order valence-electron chi connectivity index (χ0n) is 16.8. The van der Waals surface area contributed by atoms with Crippen molar-refractivity contribution in [3.05, 3.63) is 54.1 Å². The van der Waals surface area contributed by atoms with Gasteiger partial charge >= 0.3 is 0 Å². The number of para-hydroxylation sites is 2. The van der Waals surface area contributed by atoms with Crippen molar-refractivity contribution < 1.29 is 27.6 Å². The van der Waals surface area contributed by atoms with Crippen LogP contribution in [0, 0.1) is 0 Å². The third-order valence-corrected chi connectivity index (χ3v) is 7.26. The summed E-state index contributed by atoms with van der Waals surface area (Å²) in [5.74, 6) is 0.978. The minimum Gasteiger partial charge on any atom is -0.486 e. The third kappa shape index (κ3) is 4.43. The molecule has 30 heavy (non-hydrogen) atoms. The largest absolute Gasteiger partial charge is 0.486 e. The molecule has 4 rings (SSSR count). The lowest BCUT2D eigenvalue weighted by atomic mass is 10.2. The Bertz CT molecular complexity index is 1020. The molecule has 1 amide bonds. The molecular formula is C21H26N3O5S+. The molecule has 1 fully saturated rings. The molecule has 8 nitrogen and oxygen atoms in total. The molecule has 0 unspecified atom stereocenters. The third-order valence-electron chi connectivity index (χ3n) is 5.37. The Labute approximate surface area is 176 Å². The van der Waals surface area contributed by atoms with Gasteiger partial charge in [-0.1, -0.05) is 18.2 Å². The van der Waals surface area contributed by atoms with E-state index in [-0.39, 0.29) is 23.5 Å². The Morgan fingerprint density at radius 2 is 1.87 bits per heavy atom. The number of nitrogens with zero attached hydrogens (tertiary/aromatic N) is 1. The molecule has 2 N–H and O–H groups in total. The van der Waals surface area contributed by atoms with Gasteiger partial charge in [0.1, 0.15) is 12.7 Å². The van der Waals surface area contributed by atoms with Crippen molar-refractivity contribution in [2.75, 3.05) is 46.4 Å². The van der Waals surface area contributed by atoms with E-state index >= 15 is 0 Å². The van der Waals surface area contributed by atoms with E-state index in [1.54, 1.807) is 12.1 Å². The van der Waals surface area contributed by atoms with Gasteiger partial charge in [-0.25, -0.2) is 8.42 Å². The Morgan fingerprint density at radius 3 is 2.63 bits per heavy atom. The van der Waals surface area contributed by atoms with Gasteiger partial charge in [-0.2, -0.15) is 4.31 Å². The number of likely N-dealkylation sites (N-methyl/N-ethyl adjacent to an activating group) is 1. The lowest BCUT2D eigenvalue weighted by Crippen LogP contribution is -3.12. The van der Waals surface area contributed by atoms with Gasteiger partial charge < -0.3 is 19.7 Å². The van der Waals surface area contributed by atoms with Crippen LogP contribution in [0.15, 0.2) is 53.4 Å². The van der Waals surface area contributed by atoms with Gasteiger partial charge in [0, 0.05) is 5.56 Å². The van der Waals surface area contributed by atoms with Crippen molar-refractivity contribution in [3.63, 3.8) is 0 Å². The second-order valence-corrected chi connectivity index (χ2v) is 9.53. The minimum absolute atomic E-state index is 0.140. The number of hydrogen-bond acceptors (Lipinski definition) is 5. The highest BCUT2D eigenvalue weighted by molar-refractivity contribution is 7.89. The number of amides is 1. The number of sulfonamides is 1. The van der Waals surface area contributed by atoms with E-state index in [1.807, 2.05) is 24.3 Å². The second kappa shape index (κ2) is 8.63. The molecule has 2 aromatic carbocycles. The van der Waals surface area contributed by atoms with Crippen LogP contribution in [0.1, 0.15) is 10.4 Å². The second-order valence-electron chi connectivity index (χ2n) is 7.60. The van der Waals surface area contributed by atoms with Gasteiger partial charge in [0.15, 0.2) is 11.5 Å². The number of benzene rings is 2. The van der Waals surface area contributed by atoms with Crippen LogP contribution in [-0.4, -0.2) is 71.1 Å². The van der Waals surface area contributed by atoms with Crippen LogP contribution in [0.2, 0.25) is 0 Å². The molecule has 0 radical (unpaired) electrons. The molecule has 2 heterocycles. The fourth-order valence-electron chi connectivity index (χ4n) is 3.53. The summed E-state index contributed by atoms with van der Waals surface area (Å²) >= 11 is 0. The van der Waals surface area contributed by atoms with E-state index in [2.05, 4.69) is 12.4 Å². The Kier molecular flexibility index (Phi) is 5.94. The van der Waals surface area contributed by atoms with Gasteiger partial charge in [0.05, 0.1) is 44.7 Å². The quantitative estimate of drug-likeness (QED) is 0.682. The van der Waals surface area contributed by atoms with Gasteiger partial charge in [-0.3, -0.25) is 4.79 Å². The van der Waals surface area contributed by atoms with Crippen LogP contribution in [-0.2, 0) is 10.0 Å².